The first-order chi connectivity index (χ1) is 20.9. The first kappa shape index (κ1) is 29.4. The number of nitrogens with zero attached hydrogens (tertiary/aromatic N) is 4. The van der Waals surface area contributed by atoms with Crippen LogP contribution in [0.25, 0.3) is 0 Å². The van der Waals surface area contributed by atoms with Crippen molar-refractivity contribution in [1.29, 1.82) is 0 Å². The second kappa shape index (κ2) is 11.1. The van der Waals surface area contributed by atoms with Gasteiger partial charge in [-0.1, -0.05) is 29.2 Å². The molecule has 17 heteroatoms. The molecule has 0 unspecified atom stereocenters. The van der Waals surface area contributed by atoms with Gasteiger partial charge in [-0.25, -0.2) is 18.5 Å². The standard InChI is InChI=1S/C27H20N6O8S3/c28-44(40,41)18-9-3-15(4-10-18)30-19(34)13-31-26-23(43-27(31)37)20(14-2-1-11-29-12-14)21-22(42-26)25(36)32(24(21)35)16-5-7-17(8-6-16)33(38)39/h1-12,20-22H,13H2,(H,30,34)(H2,28,40,41)/t20-,21-,22+/m0/s1. The number of anilines is 2. The minimum Gasteiger partial charge on any atom is -0.325 e. The molecule has 3 amide bonds. The summed E-state index contributed by atoms with van der Waals surface area (Å²) in [5.74, 6) is -3.29. The summed E-state index contributed by atoms with van der Waals surface area (Å²) in [6.45, 7) is -0.417. The topological polar surface area (TPSA) is 205 Å². The largest absolute Gasteiger partial charge is 0.325 e. The highest BCUT2D eigenvalue weighted by molar-refractivity contribution is 8.00. The monoisotopic (exact) mass is 652 g/mol. The zero-order chi connectivity index (χ0) is 31.3. The van der Waals surface area contributed by atoms with Gasteiger partial charge in [0.25, 0.3) is 5.69 Å². The number of aromatic nitrogens is 2. The van der Waals surface area contributed by atoms with E-state index in [1.165, 1.54) is 53.1 Å². The second-order valence-corrected chi connectivity index (χ2v) is 13.5. The fourth-order valence-corrected chi connectivity index (χ4v) is 8.51. The number of thiazole rings is 1. The van der Waals surface area contributed by atoms with Gasteiger partial charge in [0, 0.05) is 41.0 Å². The Kier molecular flexibility index (Phi) is 7.40. The quantitative estimate of drug-likeness (QED) is 0.169. The molecule has 4 heterocycles. The van der Waals surface area contributed by atoms with E-state index < -0.39 is 61.2 Å². The number of nitrogens with two attached hydrogens (primary N) is 1. The van der Waals surface area contributed by atoms with E-state index in [2.05, 4.69) is 10.3 Å². The Morgan fingerprint density at radius 1 is 1.05 bits per heavy atom. The number of fused-ring (bicyclic) bond motifs is 2. The molecule has 224 valence electrons. The van der Waals surface area contributed by atoms with Crippen LogP contribution in [0.4, 0.5) is 17.1 Å². The van der Waals surface area contributed by atoms with Crippen molar-refractivity contribution in [3.05, 3.63) is 103 Å². The Balaban J connectivity index is 1.34. The molecule has 6 rings (SSSR count). The lowest BCUT2D eigenvalue weighted by Crippen LogP contribution is -2.33. The van der Waals surface area contributed by atoms with Crippen LogP contribution in [-0.4, -0.2) is 45.9 Å². The van der Waals surface area contributed by atoms with Gasteiger partial charge in [-0.2, -0.15) is 0 Å². The number of non-ortho nitro benzene ring substituents is 1. The number of nitrogens with one attached hydrogen (secondary N) is 1. The minimum atomic E-state index is -3.92. The van der Waals surface area contributed by atoms with Crippen molar-refractivity contribution in [2.24, 2.45) is 11.1 Å². The Bertz CT molecular complexity index is 1990. The Morgan fingerprint density at radius 3 is 2.36 bits per heavy atom. The second-order valence-electron chi connectivity index (χ2n) is 9.85. The molecular formula is C27H20N6O8S3. The molecule has 0 saturated carbocycles. The number of hydrogen-bond donors (Lipinski definition) is 2. The average molecular weight is 653 g/mol. The van der Waals surface area contributed by atoms with Crippen LogP contribution in [0.5, 0.6) is 0 Å². The fourth-order valence-electron chi connectivity index (χ4n) is 5.22. The number of primary sulfonamides is 1. The maximum Gasteiger partial charge on any atom is 0.308 e. The molecule has 1 saturated heterocycles. The lowest BCUT2D eigenvalue weighted by molar-refractivity contribution is -0.384. The summed E-state index contributed by atoms with van der Waals surface area (Å²) in [5.41, 5.74) is 0.858. The maximum atomic E-state index is 13.9. The molecule has 2 aliphatic rings. The molecule has 0 spiro atoms. The third-order valence-corrected chi connectivity index (χ3v) is 10.7. The normalized spacial score (nSPS) is 19.4. The maximum absolute atomic E-state index is 13.9. The summed E-state index contributed by atoms with van der Waals surface area (Å²) in [5, 5.41) is 18.3. The van der Waals surface area contributed by atoms with Gasteiger partial charge >= 0.3 is 4.87 Å². The van der Waals surface area contributed by atoms with Crippen LogP contribution in [0.15, 0.2) is 87.8 Å². The van der Waals surface area contributed by atoms with E-state index in [0.29, 0.717) is 15.5 Å². The van der Waals surface area contributed by atoms with Gasteiger partial charge in [0.2, 0.25) is 27.7 Å². The summed E-state index contributed by atoms with van der Waals surface area (Å²) < 4.78 is 24.3. The van der Waals surface area contributed by atoms with Crippen molar-refractivity contribution < 1.29 is 27.7 Å². The van der Waals surface area contributed by atoms with Crippen LogP contribution in [0.1, 0.15) is 16.4 Å². The van der Waals surface area contributed by atoms with E-state index in [1.807, 2.05) is 0 Å². The van der Waals surface area contributed by atoms with E-state index in [-0.39, 0.29) is 22.0 Å². The number of pyridine rings is 1. The highest BCUT2D eigenvalue weighted by Gasteiger charge is 2.57. The predicted molar refractivity (Wildman–Crippen MR) is 160 cm³/mol. The molecule has 2 aromatic heterocycles. The van der Waals surface area contributed by atoms with Gasteiger partial charge < -0.3 is 5.32 Å². The fraction of sp³-hybridized carbons (Fsp3) is 0.148. The van der Waals surface area contributed by atoms with E-state index in [4.69, 9.17) is 5.14 Å². The first-order valence-electron chi connectivity index (χ1n) is 12.8. The van der Waals surface area contributed by atoms with Crippen LogP contribution in [-0.2, 0) is 31.0 Å². The highest BCUT2D eigenvalue weighted by Crippen LogP contribution is 2.53. The highest BCUT2D eigenvalue weighted by atomic mass is 32.2. The number of hydrogen-bond acceptors (Lipinski definition) is 11. The Hall–Kier alpha value is -4.71. The molecular weight excluding hydrogens is 633 g/mol. The summed E-state index contributed by atoms with van der Waals surface area (Å²) in [4.78, 5) is 69.5. The lowest BCUT2D eigenvalue weighted by atomic mass is 9.84. The van der Waals surface area contributed by atoms with E-state index in [0.717, 1.165) is 28.0 Å². The first-order valence-corrected chi connectivity index (χ1v) is 16.0. The zero-order valence-electron chi connectivity index (χ0n) is 22.2. The molecule has 0 aliphatic carbocycles. The van der Waals surface area contributed by atoms with Gasteiger partial charge in [0.05, 0.1) is 26.5 Å². The van der Waals surface area contributed by atoms with Crippen molar-refractivity contribution in [2.45, 2.75) is 27.6 Å². The number of amides is 3. The Labute approximate surface area is 256 Å². The van der Waals surface area contributed by atoms with E-state index >= 15 is 0 Å². The number of carbonyl (C=O) groups is 3. The molecule has 14 nitrogen and oxygen atoms in total. The minimum absolute atomic E-state index is 0.135. The number of carbonyl (C=O) groups excluding carboxylic acids is 3. The summed E-state index contributed by atoms with van der Waals surface area (Å²) in [7, 11) is -3.92. The van der Waals surface area contributed by atoms with Crippen LogP contribution >= 0.6 is 23.1 Å². The number of nitro benzene ring substituents is 1. The van der Waals surface area contributed by atoms with Crippen LogP contribution in [0.2, 0.25) is 0 Å². The molecule has 4 aromatic rings. The van der Waals surface area contributed by atoms with Gasteiger partial charge in [-0.3, -0.25) is 38.8 Å². The van der Waals surface area contributed by atoms with E-state index in [1.54, 1.807) is 24.5 Å². The molecule has 2 aromatic carbocycles. The summed E-state index contributed by atoms with van der Waals surface area (Å²) >= 11 is 1.89. The number of nitro groups is 1. The molecule has 1 fully saturated rings. The summed E-state index contributed by atoms with van der Waals surface area (Å²) in [6, 6.07) is 13.7. The molecule has 0 bridgehead atoms. The Morgan fingerprint density at radius 2 is 1.75 bits per heavy atom. The average Bonchev–Trinajstić information content (AvgIpc) is 3.43. The van der Waals surface area contributed by atoms with Gasteiger partial charge in [-0.15, -0.1) is 0 Å². The van der Waals surface area contributed by atoms with Crippen molar-refractivity contribution in [3.63, 3.8) is 0 Å². The van der Waals surface area contributed by atoms with Gasteiger partial charge in [0.1, 0.15) is 11.8 Å². The van der Waals surface area contributed by atoms with Crippen LogP contribution in [0, 0.1) is 16.0 Å². The molecule has 2 aliphatic heterocycles. The van der Waals surface area contributed by atoms with Gasteiger partial charge in [0.15, 0.2) is 0 Å². The van der Waals surface area contributed by atoms with Crippen LogP contribution in [0.3, 0.4) is 0 Å². The van der Waals surface area contributed by atoms with Crippen LogP contribution < -0.4 is 20.2 Å². The predicted octanol–water partition coefficient (Wildman–Crippen LogP) is 2.29. The molecule has 0 radical (unpaired) electrons. The smallest absolute Gasteiger partial charge is 0.308 e. The number of thioether (sulfide) groups is 1. The van der Waals surface area contributed by atoms with Crippen molar-refractivity contribution >= 4 is 67.9 Å². The number of imide groups is 1. The van der Waals surface area contributed by atoms with Crippen molar-refractivity contribution in [1.82, 2.24) is 9.55 Å². The molecule has 44 heavy (non-hydrogen) atoms. The SMILES string of the molecule is NS(=O)(=O)c1ccc(NC(=O)Cn2c3c(sc2=O)[C@@H](c2cccnc2)[C@@H]2C(=O)N(c4ccc([N+](=O)[O-])cc4)C(=O)[C@@H]2S3)cc1. The van der Waals surface area contributed by atoms with E-state index in [9.17, 15) is 37.7 Å². The summed E-state index contributed by atoms with van der Waals surface area (Å²) in [6.07, 6.45) is 3.11. The third kappa shape index (κ3) is 5.19. The van der Waals surface area contributed by atoms with Crippen molar-refractivity contribution in [2.75, 3.05) is 10.2 Å². The zero-order valence-corrected chi connectivity index (χ0v) is 24.7. The number of benzene rings is 2. The molecule has 3 N–H and O–H groups in total. The van der Waals surface area contributed by atoms with Gasteiger partial charge in [-0.05, 0) is 48.0 Å². The lowest BCUT2D eigenvalue weighted by Gasteiger charge is -2.30. The molecule has 3 atom stereocenters. The third-order valence-electron chi connectivity index (χ3n) is 7.18. The van der Waals surface area contributed by atoms with Crippen molar-refractivity contribution in [3.8, 4) is 0 Å². The number of rotatable bonds is 7. The number of sulfonamides is 1.